The van der Waals surface area contributed by atoms with Gasteiger partial charge in [-0.15, -0.1) is 11.6 Å². The second-order valence-electron chi connectivity index (χ2n) is 3.47. The number of hydrogen-bond acceptors (Lipinski definition) is 1. The summed E-state index contributed by atoms with van der Waals surface area (Å²) in [6.45, 7) is 0. The molecule has 0 radical (unpaired) electrons. The highest BCUT2D eigenvalue weighted by Gasteiger charge is 2.30. The highest BCUT2D eigenvalue weighted by Crippen LogP contribution is 2.30. The number of nitrogens with zero attached hydrogens (tertiary/aromatic N) is 1. The minimum atomic E-state index is -4.32. The molecule has 2 rings (SSSR count). The molecule has 17 heavy (non-hydrogen) atoms. The number of hydrogen-bond donors (Lipinski definition) is 1. The Kier molecular flexibility index (Phi) is 3.11. The molecule has 0 fully saturated rings. The number of nitrogens with one attached hydrogen (secondary N) is 1. The number of benzene rings is 1. The minimum absolute atomic E-state index is 0.285. The molecule has 0 atom stereocenters. The third-order valence-corrected chi connectivity index (χ3v) is 2.55. The maximum absolute atomic E-state index is 12.3. The fraction of sp³-hybridized carbons (Fsp3) is 0.182. The third-order valence-electron chi connectivity index (χ3n) is 2.26. The zero-order valence-corrected chi connectivity index (χ0v) is 9.31. The SMILES string of the molecule is FC(F)(F)c1ccc(-c2ncc(CCl)[nH]2)cc1. The molecule has 1 N–H and O–H groups in total. The van der Waals surface area contributed by atoms with Gasteiger partial charge < -0.3 is 4.98 Å². The highest BCUT2D eigenvalue weighted by molar-refractivity contribution is 6.16. The van der Waals surface area contributed by atoms with Gasteiger partial charge in [0, 0.05) is 17.5 Å². The molecule has 0 aliphatic rings. The number of aromatic amines is 1. The summed E-state index contributed by atoms with van der Waals surface area (Å²) in [4.78, 5) is 6.94. The van der Waals surface area contributed by atoms with E-state index in [2.05, 4.69) is 9.97 Å². The Balaban J connectivity index is 2.29. The molecule has 0 amide bonds. The first-order valence-electron chi connectivity index (χ1n) is 4.78. The van der Waals surface area contributed by atoms with Crippen molar-refractivity contribution in [1.82, 2.24) is 9.97 Å². The number of halogens is 4. The van der Waals surface area contributed by atoms with Crippen LogP contribution < -0.4 is 0 Å². The smallest absolute Gasteiger partial charge is 0.341 e. The Morgan fingerprint density at radius 3 is 2.29 bits per heavy atom. The Bertz CT molecular complexity index is 502. The molecule has 90 valence electrons. The maximum Gasteiger partial charge on any atom is 0.416 e. The van der Waals surface area contributed by atoms with Gasteiger partial charge in [-0.1, -0.05) is 12.1 Å². The zero-order valence-electron chi connectivity index (χ0n) is 8.55. The van der Waals surface area contributed by atoms with E-state index in [1.165, 1.54) is 12.1 Å². The second-order valence-corrected chi connectivity index (χ2v) is 3.73. The molecule has 1 aromatic carbocycles. The summed E-state index contributed by atoms with van der Waals surface area (Å²) in [6.07, 6.45) is -2.76. The number of aromatic nitrogens is 2. The van der Waals surface area contributed by atoms with Crippen molar-refractivity contribution in [3.8, 4) is 11.4 Å². The van der Waals surface area contributed by atoms with Crippen LogP contribution in [0.25, 0.3) is 11.4 Å². The first-order valence-corrected chi connectivity index (χ1v) is 5.31. The quantitative estimate of drug-likeness (QED) is 0.817. The van der Waals surface area contributed by atoms with Crippen LogP contribution in [0.15, 0.2) is 30.5 Å². The van der Waals surface area contributed by atoms with Crippen LogP contribution in [0.3, 0.4) is 0 Å². The lowest BCUT2D eigenvalue weighted by Crippen LogP contribution is -2.04. The fourth-order valence-electron chi connectivity index (χ4n) is 1.39. The van der Waals surface area contributed by atoms with Crippen molar-refractivity contribution in [1.29, 1.82) is 0 Å². The van der Waals surface area contributed by atoms with Gasteiger partial charge in [0.2, 0.25) is 0 Å². The van der Waals surface area contributed by atoms with E-state index in [9.17, 15) is 13.2 Å². The molecule has 6 heteroatoms. The molecule has 1 aromatic heterocycles. The highest BCUT2D eigenvalue weighted by atomic mass is 35.5. The number of H-pyrrole nitrogens is 1. The Morgan fingerprint density at radius 1 is 1.18 bits per heavy atom. The first kappa shape index (κ1) is 12.0. The van der Waals surface area contributed by atoms with Crippen LogP contribution in [0.4, 0.5) is 13.2 Å². The van der Waals surface area contributed by atoms with E-state index in [0.717, 1.165) is 17.8 Å². The summed E-state index contributed by atoms with van der Waals surface area (Å²) in [5.41, 5.74) is 0.640. The van der Waals surface area contributed by atoms with Crippen LogP contribution in [0.2, 0.25) is 0 Å². The maximum atomic E-state index is 12.3. The van der Waals surface area contributed by atoms with Crippen molar-refractivity contribution >= 4 is 11.6 Å². The van der Waals surface area contributed by atoms with Crippen LogP contribution in [-0.2, 0) is 12.1 Å². The predicted octanol–water partition coefficient (Wildman–Crippen LogP) is 3.83. The van der Waals surface area contributed by atoms with E-state index in [4.69, 9.17) is 11.6 Å². The second kappa shape index (κ2) is 4.41. The summed E-state index contributed by atoms with van der Waals surface area (Å²) in [7, 11) is 0. The van der Waals surface area contributed by atoms with Crippen molar-refractivity contribution in [2.45, 2.75) is 12.1 Å². The van der Waals surface area contributed by atoms with Crippen molar-refractivity contribution in [3.05, 3.63) is 41.7 Å². The van der Waals surface area contributed by atoms with Gasteiger partial charge in [0.25, 0.3) is 0 Å². The van der Waals surface area contributed by atoms with Gasteiger partial charge in [-0.05, 0) is 12.1 Å². The molecule has 2 aromatic rings. The van der Waals surface area contributed by atoms with Crippen LogP contribution in [-0.4, -0.2) is 9.97 Å². The van der Waals surface area contributed by atoms with Gasteiger partial charge in [-0.3, -0.25) is 0 Å². The largest absolute Gasteiger partial charge is 0.416 e. The van der Waals surface area contributed by atoms with Gasteiger partial charge in [0.15, 0.2) is 0 Å². The standard InChI is InChI=1S/C11H8ClF3N2/c12-5-9-6-16-10(17-9)7-1-3-8(4-2-7)11(13,14)15/h1-4,6H,5H2,(H,16,17). The van der Waals surface area contributed by atoms with E-state index in [0.29, 0.717) is 11.4 Å². The van der Waals surface area contributed by atoms with Crippen LogP contribution >= 0.6 is 11.6 Å². The fourth-order valence-corrected chi connectivity index (χ4v) is 1.53. The average molecular weight is 261 g/mol. The molecule has 0 unspecified atom stereocenters. The van der Waals surface area contributed by atoms with Gasteiger partial charge in [0.05, 0.1) is 11.4 Å². The Morgan fingerprint density at radius 2 is 1.82 bits per heavy atom. The predicted molar refractivity (Wildman–Crippen MR) is 58.6 cm³/mol. The minimum Gasteiger partial charge on any atom is -0.341 e. The number of alkyl halides is 4. The van der Waals surface area contributed by atoms with Crippen molar-refractivity contribution < 1.29 is 13.2 Å². The van der Waals surface area contributed by atoms with Gasteiger partial charge in [-0.2, -0.15) is 13.2 Å². The van der Waals surface area contributed by atoms with Gasteiger partial charge in [0.1, 0.15) is 5.82 Å². The summed E-state index contributed by atoms with van der Waals surface area (Å²) in [5.74, 6) is 0.794. The summed E-state index contributed by atoms with van der Waals surface area (Å²) < 4.78 is 37.0. The molecular formula is C11H8ClF3N2. The molecule has 0 aliphatic carbocycles. The average Bonchev–Trinajstić information content (AvgIpc) is 2.76. The molecule has 0 saturated heterocycles. The molecular weight excluding hydrogens is 253 g/mol. The lowest BCUT2D eigenvalue weighted by Gasteiger charge is -2.06. The van der Waals surface area contributed by atoms with Crippen LogP contribution in [0.5, 0.6) is 0 Å². The van der Waals surface area contributed by atoms with Crippen molar-refractivity contribution in [2.24, 2.45) is 0 Å². The Labute approximate surface area is 100 Å². The van der Waals surface area contributed by atoms with Crippen molar-refractivity contribution in [3.63, 3.8) is 0 Å². The van der Waals surface area contributed by atoms with E-state index >= 15 is 0 Å². The van der Waals surface area contributed by atoms with Crippen molar-refractivity contribution in [2.75, 3.05) is 0 Å². The lowest BCUT2D eigenvalue weighted by atomic mass is 10.1. The molecule has 0 spiro atoms. The van der Waals surface area contributed by atoms with Gasteiger partial charge >= 0.3 is 6.18 Å². The van der Waals surface area contributed by atoms with Crippen LogP contribution in [0.1, 0.15) is 11.3 Å². The van der Waals surface area contributed by atoms with Crippen LogP contribution in [0, 0.1) is 0 Å². The summed E-state index contributed by atoms with van der Waals surface area (Å²) in [5, 5.41) is 0. The first-order chi connectivity index (χ1) is 8.00. The van der Waals surface area contributed by atoms with E-state index in [-0.39, 0.29) is 5.88 Å². The summed E-state index contributed by atoms with van der Waals surface area (Å²) in [6, 6.07) is 4.80. The normalized spacial score (nSPS) is 11.8. The Hall–Kier alpha value is -1.49. The topological polar surface area (TPSA) is 28.7 Å². The molecule has 2 nitrogen and oxygen atoms in total. The van der Waals surface area contributed by atoms with Gasteiger partial charge in [-0.25, -0.2) is 4.98 Å². The molecule has 0 aliphatic heterocycles. The monoisotopic (exact) mass is 260 g/mol. The van der Waals surface area contributed by atoms with E-state index in [1.807, 2.05) is 0 Å². The van der Waals surface area contributed by atoms with E-state index < -0.39 is 11.7 Å². The molecule has 0 saturated carbocycles. The third kappa shape index (κ3) is 2.61. The number of rotatable bonds is 2. The molecule has 0 bridgehead atoms. The number of imidazole rings is 1. The lowest BCUT2D eigenvalue weighted by molar-refractivity contribution is -0.137. The zero-order chi connectivity index (χ0) is 12.5. The molecule has 1 heterocycles. The summed E-state index contributed by atoms with van der Waals surface area (Å²) >= 11 is 5.59. The van der Waals surface area contributed by atoms with E-state index in [1.54, 1.807) is 6.20 Å².